The summed E-state index contributed by atoms with van der Waals surface area (Å²) in [7, 11) is 0. The molecule has 1 heterocycles. The predicted molar refractivity (Wildman–Crippen MR) is 111 cm³/mol. The molecule has 0 aliphatic rings. The number of halogens is 3. The molecular weight excluding hydrogens is 411 g/mol. The van der Waals surface area contributed by atoms with Crippen LogP contribution in [0.5, 0.6) is 0 Å². The fraction of sp³-hybridized carbons (Fsp3) is 0.227. The highest BCUT2D eigenvalue weighted by molar-refractivity contribution is 8.00. The molecule has 2 atom stereocenters. The van der Waals surface area contributed by atoms with Crippen molar-refractivity contribution in [2.45, 2.75) is 36.5 Å². The van der Waals surface area contributed by atoms with Gasteiger partial charge in [-0.1, -0.05) is 72.4 Å². The Morgan fingerprint density at radius 3 is 2.17 bits per heavy atom. The number of nitrogens with zero attached hydrogens (tertiary/aromatic N) is 2. The fourth-order valence-electron chi connectivity index (χ4n) is 2.75. The standard InChI is InChI=1S/C22H20F3N3OS/c1-14(16-9-5-3-6-10-16)26-20(29)15(2)30-21-27-18(17-11-7-4-8-12-17)13-19(28-21)22(23,24)25/h3-15H,1-2H3,(H,26,29)/t14-,15+/m0/s1. The number of thioether (sulfide) groups is 1. The van der Waals surface area contributed by atoms with Crippen LogP contribution >= 0.6 is 11.8 Å². The SMILES string of the molecule is C[C@H](NC(=O)[C@@H](C)Sc1nc(-c2ccccc2)cc(C(F)(F)F)n1)c1ccccc1. The first-order valence-electron chi connectivity index (χ1n) is 9.27. The molecule has 30 heavy (non-hydrogen) atoms. The largest absolute Gasteiger partial charge is 0.433 e. The van der Waals surface area contributed by atoms with Crippen molar-refractivity contribution in [3.63, 3.8) is 0 Å². The maximum absolute atomic E-state index is 13.3. The van der Waals surface area contributed by atoms with Crippen LogP contribution in [0.2, 0.25) is 0 Å². The highest BCUT2D eigenvalue weighted by atomic mass is 32.2. The summed E-state index contributed by atoms with van der Waals surface area (Å²) >= 11 is 0.894. The van der Waals surface area contributed by atoms with Crippen molar-refractivity contribution in [1.29, 1.82) is 0 Å². The lowest BCUT2D eigenvalue weighted by Crippen LogP contribution is -2.33. The van der Waals surface area contributed by atoms with Crippen LogP contribution in [0, 0.1) is 0 Å². The average molecular weight is 431 g/mol. The third-order valence-corrected chi connectivity index (χ3v) is 5.34. The van der Waals surface area contributed by atoms with Gasteiger partial charge in [0, 0.05) is 5.56 Å². The number of hydrogen-bond acceptors (Lipinski definition) is 4. The molecule has 0 saturated heterocycles. The third kappa shape index (κ3) is 5.60. The van der Waals surface area contributed by atoms with E-state index >= 15 is 0 Å². The zero-order valence-electron chi connectivity index (χ0n) is 16.4. The van der Waals surface area contributed by atoms with Crippen molar-refractivity contribution >= 4 is 17.7 Å². The molecule has 0 bridgehead atoms. The number of rotatable bonds is 6. The Labute approximate surface area is 177 Å². The summed E-state index contributed by atoms with van der Waals surface area (Å²) in [5, 5.41) is 2.09. The summed E-state index contributed by atoms with van der Waals surface area (Å²) in [4.78, 5) is 20.4. The second kappa shape index (κ2) is 9.30. The van der Waals surface area contributed by atoms with Gasteiger partial charge >= 0.3 is 6.18 Å². The van der Waals surface area contributed by atoms with Crippen LogP contribution in [-0.2, 0) is 11.0 Å². The maximum Gasteiger partial charge on any atom is 0.433 e. The molecular formula is C22H20F3N3OS. The van der Waals surface area contributed by atoms with E-state index in [0.717, 1.165) is 23.4 Å². The molecule has 3 rings (SSSR count). The van der Waals surface area contributed by atoms with Crippen molar-refractivity contribution in [1.82, 2.24) is 15.3 Å². The van der Waals surface area contributed by atoms with Crippen LogP contribution < -0.4 is 5.32 Å². The number of nitrogens with one attached hydrogen (secondary N) is 1. The topological polar surface area (TPSA) is 54.9 Å². The fourth-order valence-corrected chi connectivity index (χ4v) is 3.54. The zero-order valence-corrected chi connectivity index (χ0v) is 17.2. The number of amides is 1. The zero-order chi connectivity index (χ0) is 21.7. The molecule has 156 valence electrons. The lowest BCUT2D eigenvalue weighted by Gasteiger charge is -2.18. The van der Waals surface area contributed by atoms with E-state index in [4.69, 9.17) is 0 Å². The number of carbonyl (C=O) groups excluding carboxylic acids is 1. The summed E-state index contributed by atoms with van der Waals surface area (Å²) in [6.07, 6.45) is -4.62. The Morgan fingerprint density at radius 1 is 0.967 bits per heavy atom. The van der Waals surface area contributed by atoms with Gasteiger partial charge in [-0.3, -0.25) is 4.79 Å². The van der Waals surface area contributed by atoms with E-state index in [9.17, 15) is 18.0 Å². The van der Waals surface area contributed by atoms with Gasteiger partial charge < -0.3 is 5.32 Å². The summed E-state index contributed by atoms with van der Waals surface area (Å²) in [6.45, 7) is 3.46. The Balaban J connectivity index is 1.80. The molecule has 0 fully saturated rings. The Hall–Kier alpha value is -2.87. The van der Waals surface area contributed by atoms with E-state index in [1.807, 2.05) is 37.3 Å². The first-order valence-corrected chi connectivity index (χ1v) is 10.2. The summed E-state index contributed by atoms with van der Waals surface area (Å²) in [5.74, 6) is -0.307. The quantitative estimate of drug-likeness (QED) is 0.412. The monoisotopic (exact) mass is 431 g/mol. The van der Waals surface area contributed by atoms with E-state index in [-0.39, 0.29) is 22.8 Å². The molecule has 0 saturated carbocycles. The maximum atomic E-state index is 13.3. The lowest BCUT2D eigenvalue weighted by atomic mass is 10.1. The third-order valence-electron chi connectivity index (χ3n) is 4.38. The molecule has 2 aromatic carbocycles. The highest BCUT2D eigenvalue weighted by Gasteiger charge is 2.34. The van der Waals surface area contributed by atoms with Crippen molar-refractivity contribution < 1.29 is 18.0 Å². The lowest BCUT2D eigenvalue weighted by molar-refractivity contribution is -0.141. The molecule has 0 spiro atoms. The van der Waals surface area contributed by atoms with Gasteiger partial charge in [0.15, 0.2) is 5.16 Å². The van der Waals surface area contributed by atoms with Gasteiger partial charge in [-0.05, 0) is 25.5 Å². The first-order chi connectivity index (χ1) is 14.2. The molecule has 3 aromatic rings. The van der Waals surface area contributed by atoms with Crippen molar-refractivity contribution in [2.75, 3.05) is 0 Å². The smallest absolute Gasteiger partial charge is 0.349 e. The highest BCUT2D eigenvalue weighted by Crippen LogP contribution is 2.33. The summed E-state index contributed by atoms with van der Waals surface area (Å²) in [6, 6.07) is 18.7. The minimum Gasteiger partial charge on any atom is -0.349 e. The molecule has 0 aliphatic heterocycles. The van der Waals surface area contributed by atoms with Gasteiger partial charge in [0.25, 0.3) is 0 Å². The molecule has 0 unspecified atom stereocenters. The minimum atomic E-state index is -4.62. The second-order valence-electron chi connectivity index (χ2n) is 6.69. The van der Waals surface area contributed by atoms with Crippen molar-refractivity contribution in [3.05, 3.63) is 78.0 Å². The van der Waals surface area contributed by atoms with E-state index in [0.29, 0.717) is 5.56 Å². The summed E-state index contributed by atoms with van der Waals surface area (Å²) in [5.41, 5.74) is 0.599. The number of aromatic nitrogens is 2. The molecule has 8 heteroatoms. The number of hydrogen-bond donors (Lipinski definition) is 1. The number of benzene rings is 2. The summed E-state index contributed by atoms with van der Waals surface area (Å²) < 4.78 is 40.0. The molecule has 0 aliphatic carbocycles. The molecule has 1 aromatic heterocycles. The molecule has 0 radical (unpaired) electrons. The Morgan fingerprint density at radius 2 is 1.57 bits per heavy atom. The van der Waals surface area contributed by atoms with Gasteiger partial charge in [0.05, 0.1) is 17.0 Å². The van der Waals surface area contributed by atoms with Crippen molar-refractivity contribution in [3.8, 4) is 11.3 Å². The molecule has 4 nitrogen and oxygen atoms in total. The van der Waals surface area contributed by atoms with Gasteiger partial charge in [-0.25, -0.2) is 9.97 Å². The van der Waals surface area contributed by atoms with Crippen molar-refractivity contribution in [2.24, 2.45) is 0 Å². The minimum absolute atomic E-state index is 0.0984. The van der Waals surface area contributed by atoms with Crippen LogP contribution in [0.25, 0.3) is 11.3 Å². The normalized spacial score (nSPS) is 13.5. The number of alkyl halides is 3. The van der Waals surface area contributed by atoms with Gasteiger partial charge in [-0.2, -0.15) is 13.2 Å². The van der Waals surface area contributed by atoms with E-state index in [1.165, 1.54) is 0 Å². The van der Waals surface area contributed by atoms with Gasteiger partial charge in [0.2, 0.25) is 5.91 Å². The van der Waals surface area contributed by atoms with Crippen LogP contribution in [0.1, 0.15) is 31.1 Å². The van der Waals surface area contributed by atoms with Crippen LogP contribution in [0.3, 0.4) is 0 Å². The van der Waals surface area contributed by atoms with E-state index < -0.39 is 17.1 Å². The van der Waals surface area contributed by atoms with E-state index in [1.54, 1.807) is 37.3 Å². The molecule has 1 N–H and O–H groups in total. The van der Waals surface area contributed by atoms with Gasteiger partial charge in [-0.15, -0.1) is 0 Å². The second-order valence-corrected chi connectivity index (χ2v) is 7.99. The van der Waals surface area contributed by atoms with Crippen LogP contribution in [0.4, 0.5) is 13.2 Å². The first kappa shape index (κ1) is 21.8. The van der Waals surface area contributed by atoms with Crippen LogP contribution in [0.15, 0.2) is 71.9 Å². The Bertz CT molecular complexity index is 998. The Kier molecular flexibility index (Phi) is 6.77. The van der Waals surface area contributed by atoms with Gasteiger partial charge in [0.1, 0.15) is 5.69 Å². The van der Waals surface area contributed by atoms with Crippen LogP contribution in [-0.4, -0.2) is 21.1 Å². The number of carbonyl (C=O) groups is 1. The average Bonchev–Trinajstić information content (AvgIpc) is 2.74. The predicted octanol–water partition coefficient (Wildman–Crippen LogP) is 5.52. The van der Waals surface area contributed by atoms with E-state index in [2.05, 4.69) is 15.3 Å². The molecule has 1 amide bonds.